The molecular weight excluding hydrogens is 449 g/mol. The molecule has 0 spiro atoms. The number of aromatic nitrogens is 2. The van der Waals surface area contributed by atoms with E-state index in [1.165, 1.54) is 20.9 Å². The number of amides is 1. The summed E-state index contributed by atoms with van der Waals surface area (Å²) in [5.41, 5.74) is -0.0237. The van der Waals surface area contributed by atoms with Gasteiger partial charge < -0.3 is 4.74 Å². The van der Waals surface area contributed by atoms with E-state index in [9.17, 15) is 35.2 Å². The van der Waals surface area contributed by atoms with Crippen LogP contribution < -0.4 is 4.74 Å². The molecule has 0 N–H and O–H groups in total. The van der Waals surface area contributed by atoms with E-state index < -0.39 is 68.8 Å². The number of hydrogen-bond acceptors (Lipinski definition) is 5. The fraction of sp³-hybridized carbons (Fsp3) is 0.333. The number of benzene rings is 1. The summed E-state index contributed by atoms with van der Waals surface area (Å²) in [6.45, 7) is 0.824. The smallest absolute Gasteiger partial charge is 0.274 e. The van der Waals surface area contributed by atoms with Gasteiger partial charge in [-0.2, -0.15) is 13.9 Å². The zero-order chi connectivity index (χ0) is 22.3. The number of aryl methyl sites for hydroxylation is 2. The average Bonchev–Trinajstić information content (AvgIpc) is 2.91. The number of likely N-dealkylation sites (N-methyl/N-ethyl adjacent to an activating group) is 1. The second-order valence-corrected chi connectivity index (χ2v) is 7.74. The van der Waals surface area contributed by atoms with E-state index in [0.717, 1.165) is 4.68 Å². The van der Waals surface area contributed by atoms with Gasteiger partial charge in [0.1, 0.15) is 10.0 Å². The van der Waals surface area contributed by atoms with Gasteiger partial charge in [-0.3, -0.25) is 9.48 Å². The topological polar surface area (TPSA) is 81.5 Å². The summed E-state index contributed by atoms with van der Waals surface area (Å²) in [6.07, 6.45) is 0. The van der Waals surface area contributed by atoms with Crippen LogP contribution in [0.1, 0.15) is 12.6 Å². The van der Waals surface area contributed by atoms with Crippen molar-refractivity contribution < 1.29 is 39.9 Å². The fourth-order valence-electron chi connectivity index (χ4n) is 2.41. The molecule has 160 valence electrons. The first-order chi connectivity index (χ1) is 13.4. The van der Waals surface area contributed by atoms with Gasteiger partial charge in [-0.05, 0) is 13.8 Å². The first-order valence-electron chi connectivity index (χ1n) is 7.75. The van der Waals surface area contributed by atoms with E-state index in [1.807, 2.05) is 0 Å². The molecule has 0 saturated carbocycles. The second-order valence-electron chi connectivity index (χ2n) is 5.58. The van der Waals surface area contributed by atoms with Gasteiger partial charge in [0.2, 0.25) is 29.1 Å². The van der Waals surface area contributed by atoms with Crippen molar-refractivity contribution in [3.8, 4) is 5.75 Å². The molecule has 29 heavy (non-hydrogen) atoms. The molecule has 1 amide bonds. The van der Waals surface area contributed by atoms with Crippen molar-refractivity contribution in [3.63, 3.8) is 0 Å². The highest BCUT2D eigenvalue weighted by Crippen LogP contribution is 2.30. The number of ether oxygens (including phenoxy) is 1. The van der Waals surface area contributed by atoms with Crippen LogP contribution in [0.2, 0.25) is 5.15 Å². The Balaban J connectivity index is 2.35. The molecule has 0 radical (unpaired) electrons. The predicted molar refractivity (Wildman–Crippen MR) is 89.3 cm³/mol. The zero-order valence-corrected chi connectivity index (χ0v) is 16.6. The molecule has 2 rings (SSSR count). The Morgan fingerprint density at radius 1 is 1.10 bits per heavy atom. The molecule has 0 aliphatic rings. The van der Waals surface area contributed by atoms with Crippen molar-refractivity contribution in [2.75, 3.05) is 13.2 Å². The van der Waals surface area contributed by atoms with Gasteiger partial charge in [0.25, 0.3) is 15.9 Å². The summed E-state index contributed by atoms with van der Waals surface area (Å²) >= 11 is 5.90. The van der Waals surface area contributed by atoms with E-state index in [2.05, 4.69) is 9.84 Å². The van der Waals surface area contributed by atoms with Gasteiger partial charge in [-0.25, -0.2) is 25.9 Å². The molecule has 0 aliphatic carbocycles. The van der Waals surface area contributed by atoms with Crippen LogP contribution in [0.5, 0.6) is 5.75 Å². The summed E-state index contributed by atoms with van der Waals surface area (Å²) in [4.78, 5) is 11.8. The molecule has 1 aromatic heterocycles. The maximum absolute atomic E-state index is 13.6. The minimum Gasteiger partial charge on any atom is -0.477 e. The molecular formula is C15H13ClF5N3O4S. The first kappa shape index (κ1) is 22.9. The lowest BCUT2D eigenvalue weighted by Gasteiger charge is -2.21. The molecule has 0 unspecified atom stereocenters. The molecule has 14 heteroatoms. The Morgan fingerprint density at radius 3 is 2.00 bits per heavy atom. The van der Waals surface area contributed by atoms with Crippen molar-refractivity contribution in [1.29, 1.82) is 0 Å². The molecule has 1 heterocycles. The second kappa shape index (κ2) is 8.14. The van der Waals surface area contributed by atoms with Crippen molar-refractivity contribution >= 4 is 27.5 Å². The Hall–Kier alpha value is -2.41. The third kappa shape index (κ3) is 3.88. The number of rotatable bonds is 6. The maximum Gasteiger partial charge on any atom is 0.274 e. The maximum atomic E-state index is 13.6. The molecule has 7 nitrogen and oxygen atoms in total. The normalized spacial score (nSPS) is 11.6. The summed E-state index contributed by atoms with van der Waals surface area (Å²) in [7, 11) is -3.19. The zero-order valence-electron chi connectivity index (χ0n) is 15.1. The molecule has 2 aromatic rings. The lowest BCUT2D eigenvalue weighted by atomic mass is 10.2. The lowest BCUT2D eigenvalue weighted by Crippen LogP contribution is -2.40. The van der Waals surface area contributed by atoms with Gasteiger partial charge in [-0.1, -0.05) is 11.6 Å². The summed E-state index contributed by atoms with van der Waals surface area (Å²) < 4.78 is 97.9. The molecule has 0 bridgehead atoms. The highest BCUT2D eigenvalue weighted by molar-refractivity contribution is 7.89. The quantitative estimate of drug-likeness (QED) is 0.375. The van der Waals surface area contributed by atoms with E-state index in [-0.39, 0.29) is 15.2 Å². The largest absolute Gasteiger partial charge is 0.477 e. The van der Waals surface area contributed by atoms with Gasteiger partial charge in [-0.15, -0.1) is 0 Å². The van der Waals surface area contributed by atoms with Gasteiger partial charge in [0, 0.05) is 13.6 Å². The van der Waals surface area contributed by atoms with Crippen LogP contribution in [-0.4, -0.2) is 41.6 Å². The van der Waals surface area contributed by atoms with Gasteiger partial charge >= 0.3 is 0 Å². The number of nitrogens with zero attached hydrogens (tertiary/aromatic N) is 3. The number of halogens is 6. The average molecular weight is 462 g/mol. The fourth-order valence-corrected chi connectivity index (χ4v) is 4.52. The molecule has 1 aromatic carbocycles. The Bertz CT molecular complexity index is 1060. The molecule has 0 aliphatic heterocycles. The van der Waals surface area contributed by atoms with Crippen molar-refractivity contribution in [2.45, 2.75) is 18.7 Å². The number of sulfonamides is 1. The summed E-state index contributed by atoms with van der Waals surface area (Å²) in [6, 6.07) is 0. The van der Waals surface area contributed by atoms with Crippen molar-refractivity contribution in [1.82, 2.24) is 14.1 Å². The Kier molecular flexibility index (Phi) is 6.42. The first-order valence-corrected chi connectivity index (χ1v) is 9.56. The van der Waals surface area contributed by atoms with Crippen molar-refractivity contribution in [3.05, 3.63) is 39.9 Å². The third-order valence-corrected chi connectivity index (χ3v) is 6.32. The Labute approximate surface area is 166 Å². The van der Waals surface area contributed by atoms with Crippen LogP contribution in [0.15, 0.2) is 4.90 Å². The van der Waals surface area contributed by atoms with E-state index in [1.54, 1.807) is 0 Å². The van der Waals surface area contributed by atoms with Crippen LogP contribution in [0, 0.1) is 36.0 Å². The summed E-state index contributed by atoms with van der Waals surface area (Å²) in [5, 5.41) is 3.52. The van der Waals surface area contributed by atoms with Crippen molar-refractivity contribution in [2.24, 2.45) is 7.05 Å². The monoisotopic (exact) mass is 461 g/mol. The number of carbonyl (C=O) groups excluding carboxylic acids is 1. The SMILES string of the molecule is CCN(C(=O)COc1c(F)c(F)c(F)c(F)c1F)S(=O)(=O)c1c(C)nn(C)c1Cl. The molecule has 0 saturated heterocycles. The minimum atomic E-state index is -4.55. The van der Waals surface area contributed by atoms with Gasteiger partial charge in [0.05, 0.1) is 5.69 Å². The molecule has 0 atom stereocenters. The van der Waals surface area contributed by atoms with Crippen LogP contribution in [0.25, 0.3) is 0 Å². The summed E-state index contributed by atoms with van der Waals surface area (Å²) in [5.74, 6) is -14.6. The van der Waals surface area contributed by atoms with Crippen LogP contribution in [0.3, 0.4) is 0 Å². The van der Waals surface area contributed by atoms with E-state index in [0.29, 0.717) is 0 Å². The van der Waals surface area contributed by atoms with E-state index >= 15 is 0 Å². The predicted octanol–water partition coefficient (Wildman–Crippen LogP) is 2.69. The number of hydrogen-bond donors (Lipinski definition) is 0. The Morgan fingerprint density at radius 2 is 1.59 bits per heavy atom. The highest BCUT2D eigenvalue weighted by Gasteiger charge is 2.35. The van der Waals surface area contributed by atoms with E-state index in [4.69, 9.17) is 11.6 Å². The minimum absolute atomic E-state index is 0.0237. The molecule has 0 fully saturated rings. The standard InChI is InChI=1S/C15H13ClF5N3O4S/c1-4-24(29(26,27)14-6(2)22-23(3)15(14)16)7(25)5-28-13-11(20)9(18)8(17)10(19)12(13)21/h4-5H2,1-3H3. The van der Waals surface area contributed by atoms with Crippen LogP contribution in [0.4, 0.5) is 22.0 Å². The third-order valence-electron chi connectivity index (χ3n) is 3.72. The lowest BCUT2D eigenvalue weighted by molar-refractivity contribution is -0.128. The van der Waals surface area contributed by atoms with Crippen LogP contribution >= 0.6 is 11.6 Å². The highest BCUT2D eigenvalue weighted by atomic mass is 35.5. The number of carbonyl (C=O) groups is 1. The van der Waals surface area contributed by atoms with Gasteiger partial charge in [0.15, 0.2) is 12.4 Å². The van der Waals surface area contributed by atoms with Crippen LogP contribution in [-0.2, 0) is 21.9 Å².